The molecule has 2 nitrogen and oxygen atoms in total. The monoisotopic (exact) mass is 258 g/mol. The van der Waals surface area contributed by atoms with Crippen molar-refractivity contribution in [2.75, 3.05) is 19.0 Å². The summed E-state index contributed by atoms with van der Waals surface area (Å²) in [6.45, 7) is 0. The first-order chi connectivity index (χ1) is 8.65. The Bertz CT molecular complexity index is 638. The molecule has 1 fully saturated rings. The second-order valence-corrected chi connectivity index (χ2v) is 5.31. The predicted molar refractivity (Wildman–Crippen MR) is 78.3 cm³/mol. The summed E-state index contributed by atoms with van der Waals surface area (Å²) < 4.78 is 0. The standard InChI is InChI=1S/C15H15ClN2/c1-18(2)14-6-5-11(7-10-3-4-10)12-8-15(16)17-9-13(12)14/h5-9H,3-4H2,1-2H3. The number of allylic oxidation sites excluding steroid dienone is 1. The zero-order valence-corrected chi connectivity index (χ0v) is 11.3. The number of halogens is 1. The lowest BCUT2D eigenvalue weighted by Crippen LogP contribution is -2.09. The van der Waals surface area contributed by atoms with Crippen LogP contribution in [0.2, 0.25) is 5.15 Å². The van der Waals surface area contributed by atoms with Gasteiger partial charge in [0, 0.05) is 31.4 Å². The zero-order chi connectivity index (χ0) is 12.7. The fraction of sp³-hybridized carbons (Fsp3) is 0.267. The number of rotatable bonds is 2. The van der Waals surface area contributed by atoms with E-state index in [-0.39, 0.29) is 0 Å². The number of anilines is 1. The average Bonchev–Trinajstić information content (AvgIpc) is 3.13. The van der Waals surface area contributed by atoms with Crippen molar-refractivity contribution in [3.63, 3.8) is 0 Å². The summed E-state index contributed by atoms with van der Waals surface area (Å²) >= 11 is 6.03. The van der Waals surface area contributed by atoms with Gasteiger partial charge in [-0.1, -0.05) is 29.3 Å². The van der Waals surface area contributed by atoms with Crippen molar-refractivity contribution in [1.82, 2.24) is 4.98 Å². The number of nitrogens with zero attached hydrogens (tertiary/aromatic N) is 2. The maximum absolute atomic E-state index is 6.03. The highest BCUT2D eigenvalue weighted by Crippen LogP contribution is 2.35. The second-order valence-electron chi connectivity index (χ2n) is 4.92. The van der Waals surface area contributed by atoms with Gasteiger partial charge in [0.2, 0.25) is 0 Å². The van der Waals surface area contributed by atoms with Gasteiger partial charge < -0.3 is 4.90 Å². The van der Waals surface area contributed by atoms with Crippen LogP contribution in [0.1, 0.15) is 18.4 Å². The van der Waals surface area contributed by atoms with E-state index < -0.39 is 0 Å². The summed E-state index contributed by atoms with van der Waals surface area (Å²) in [7, 11) is 4.09. The van der Waals surface area contributed by atoms with Gasteiger partial charge in [-0.3, -0.25) is 0 Å². The molecule has 0 unspecified atom stereocenters. The van der Waals surface area contributed by atoms with Crippen LogP contribution >= 0.6 is 11.6 Å². The normalized spacial score (nSPS) is 13.8. The Labute approximate surface area is 112 Å². The molecule has 3 rings (SSSR count). The molecule has 0 radical (unpaired) electrons. The van der Waals surface area contributed by atoms with E-state index in [1.165, 1.54) is 35.1 Å². The van der Waals surface area contributed by atoms with E-state index in [2.05, 4.69) is 28.1 Å². The molecule has 0 atom stereocenters. The van der Waals surface area contributed by atoms with E-state index in [9.17, 15) is 0 Å². The zero-order valence-electron chi connectivity index (χ0n) is 10.6. The predicted octanol–water partition coefficient (Wildman–Crippen LogP) is 4.13. The molecular weight excluding hydrogens is 244 g/mol. The van der Waals surface area contributed by atoms with Crippen LogP contribution in [0.4, 0.5) is 5.69 Å². The van der Waals surface area contributed by atoms with Gasteiger partial charge in [0.25, 0.3) is 0 Å². The Morgan fingerprint density at radius 3 is 2.67 bits per heavy atom. The van der Waals surface area contributed by atoms with Crippen LogP contribution in [0, 0.1) is 0 Å². The van der Waals surface area contributed by atoms with Crippen LogP contribution in [0.3, 0.4) is 0 Å². The van der Waals surface area contributed by atoms with Gasteiger partial charge in [0.05, 0.1) is 0 Å². The van der Waals surface area contributed by atoms with E-state index in [1.807, 2.05) is 26.4 Å². The lowest BCUT2D eigenvalue weighted by atomic mass is 10.0. The summed E-state index contributed by atoms with van der Waals surface area (Å²) in [6, 6.07) is 6.27. The highest BCUT2D eigenvalue weighted by atomic mass is 35.5. The summed E-state index contributed by atoms with van der Waals surface area (Å²) in [4.78, 5) is 6.31. The van der Waals surface area contributed by atoms with Crippen LogP contribution in [0.5, 0.6) is 0 Å². The van der Waals surface area contributed by atoms with Crippen LogP contribution in [0.15, 0.2) is 30.0 Å². The van der Waals surface area contributed by atoms with Crippen molar-refractivity contribution in [2.45, 2.75) is 12.8 Å². The Morgan fingerprint density at radius 1 is 1.22 bits per heavy atom. The molecule has 0 bridgehead atoms. The second kappa shape index (κ2) is 4.29. The summed E-state index contributed by atoms with van der Waals surface area (Å²) in [6.07, 6.45) is 6.60. The molecule has 1 aliphatic rings. The number of pyridine rings is 1. The van der Waals surface area contributed by atoms with E-state index >= 15 is 0 Å². The van der Waals surface area contributed by atoms with Crippen LogP contribution in [-0.4, -0.2) is 19.1 Å². The van der Waals surface area contributed by atoms with Gasteiger partial charge in [-0.05, 0) is 35.9 Å². The van der Waals surface area contributed by atoms with Crippen molar-refractivity contribution in [1.29, 1.82) is 0 Å². The first-order valence-corrected chi connectivity index (χ1v) is 6.48. The number of hydrogen-bond donors (Lipinski definition) is 0. The van der Waals surface area contributed by atoms with Crippen LogP contribution in [-0.2, 0) is 0 Å². The summed E-state index contributed by atoms with van der Waals surface area (Å²) in [5, 5.41) is 2.88. The molecular formula is C15H15ClN2. The molecule has 0 amide bonds. The summed E-state index contributed by atoms with van der Waals surface area (Å²) in [5.74, 6) is 0. The number of aromatic nitrogens is 1. The van der Waals surface area contributed by atoms with Gasteiger partial charge in [-0.25, -0.2) is 4.98 Å². The quantitative estimate of drug-likeness (QED) is 0.753. The third-order valence-corrected chi connectivity index (χ3v) is 3.47. The van der Waals surface area contributed by atoms with Gasteiger partial charge in [0.15, 0.2) is 0 Å². The minimum atomic E-state index is 0.550. The average molecular weight is 259 g/mol. The first kappa shape index (κ1) is 11.5. The molecule has 0 saturated heterocycles. The maximum atomic E-state index is 6.03. The van der Waals surface area contributed by atoms with Crippen LogP contribution < -0.4 is 4.90 Å². The lowest BCUT2D eigenvalue weighted by molar-refractivity contribution is 1.14. The van der Waals surface area contributed by atoms with Gasteiger partial charge >= 0.3 is 0 Å². The topological polar surface area (TPSA) is 16.1 Å². The van der Waals surface area contributed by atoms with Crippen molar-refractivity contribution in [3.8, 4) is 0 Å². The fourth-order valence-corrected chi connectivity index (χ4v) is 2.33. The smallest absolute Gasteiger partial charge is 0.129 e. The Hall–Kier alpha value is -1.54. The van der Waals surface area contributed by atoms with Crippen molar-refractivity contribution in [3.05, 3.63) is 40.7 Å². The van der Waals surface area contributed by atoms with E-state index in [1.54, 1.807) is 0 Å². The molecule has 1 heterocycles. The molecule has 0 N–H and O–H groups in total. The minimum absolute atomic E-state index is 0.550. The molecule has 0 spiro atoms. The third-order valence-electron chi connectivity index (χ3n) is 3.26. The SMILES string of the molecule is CN(C)c1ccc(C=C2CC2)c2cc(Cl)ncc12. The highest BCUT2D eigenvalue weighted by molar-refractivity contribution is 6.30. The first-order valence-electron chi connectivity index (χ1n) is 6.10. The van der Waals surface area contributed by atoms with Gasteiger partial charge in [-0.2, -0.15) is 0 Å². The lowest BCUT2D eigenvalue weighted by Gasteiger charge is -2.16. The van der Waals surface area contributed by atoms with Crippen molar-refractivity contribution in [2.24, 2.45) is 0 Å². The highest BCUT2D eigenvalue weighted by Gasteiger charge is 2.13. The van der Waals surface area contributed by atoms with Crippen molar-refractivity contribution >= 4 is 34.1 Å². The van der Waals surface area contributed by atoms with Crippen molar-refractivity contribution < 1.29 is 0 Å². The fourth-order valence-electron chi connectivity index (χ4n) is 2.17. The molecule has 1 saturated carbocycles. The van der Waals surface area contributed by atoms with E-state index in [0.717, 1.165) is 5.39 Å². The largest absolute Gasteiger partial charge is 0.377 e. The van der Waals surface area contributed by atoms with Gasteiger partial charge in [-0.15, -0.1) is 0 Å². The van der Waals surface area contributed by atoms with Crippen LogP contribution in [0.25, 0.3) is 16.8 Å². The van der Waals surface area contributed by atoms with E-state index in [0.29, 0.717) is 5.15 Å². The Kier molecular flexibility index (Phi) is 2.75. The molecule has 92 valence electrons. The maximum Gasteiger partial charge on any atom is 0.129 e. The Balaban J connectivity index is 2.28. The van der Waals surface area contributed by atoms with Gasteiger partial charge in [0.1, 0.15) is 5.15 Å². The summed E-state index contributed by atoms with van der Waals surface area (Å²) in [5.41, 5.74) is 3.93. The minimum Gasteiger partial charge on any atom is -0.377 e. The number of fused-ring (bicyclic) bond motifs is 1. The third kappa shape index (κ3) is 2.08. The molecule has 1 aromatic carbocycles. The number of benzene rings is 1. The molecule has 1 aliphatic carbocycles. The van der Waals surface area contributed by atoms with E-state index in [4.69, 9.17) is 11.6 Å². The molecule has 3 heteroatoms. The number of hydrogen-bond acceptors (Lipinski definition) is 2. The Morgan fingerprint density at radius 2 is 2.00 bits per heavy atom. The molecule has 0 aliphatic heterocycles. The molecule has 1 aromatic heterocycles. The molecule has 2 aromatic rings. The molecule has 18 heavy (non-hydrogen) atoms.